The van der Waals surface area contributed by atoms with Crippen LogP contribution in [0.3, 0.4) is 0 Å². The molecule has 4 N–H and O–H groups in total. The Kier molecular flexibility index (Phi) is 4.14. The number of carboxylic acid groups (broad SMARTS) is 1. The van der Waals surface area contributed by atoms with Crippen molar-refractivity contribution < 1.29 is 19.7 Å². The number of rotatable bonds is 4. The van der Waals surface area contributed by atoms with Gasteiger partial charge in [0.25, 0.3) is 0 Å². The monoisotopic (exact) mass is 289 g/mol. The topological polar surface area (TPSA) is 92.8 Å². The van der Waals surface area contributed by atoms with E-state index in [9.17, 15) is 9.90 Å². The van der Waals surface area contributed by atoms with Crippen LogP contribution < -0.4 is 10.5 Å². The fourth-order valence-corrected chi connectivity index (χ4v) is 2.03. The van der Waals surface area contributed by atoms with E-state index in [0.29, 0.717) is 10.0 Å². The predicted molar refractivity (Wildman–Crippen MR) is 61.8 cm³/mol. The maximum Gasteiger partial charge on any atom is 0.312 e. The van der Waals surface area contributed by atoms with Crippen LogP contribution in [0.2, 0.25) is 0 Å². The van der Waals surface area contributed by atoms with Crippen LogP contribution in [-0.2, 0) is 4.79 Å². The van der Waals surface area contributed by atoms with Gasteiger partial charge in [-0.15, -0.1) is 0 Å². The molecule has 16 heavy (non-hydrogen) atoms. The SMILES string of the molecule is COc1c(O)ccc(Br)c1C(CN)C(=O)O. The van der Waals surface area contributed by atoms with Crippen LogP contribution in [0.4, 0.5) is 0 Å². The highest BCUT2D eigenvalue weighted by Crippen LogP contribution is 2.39. The number of ether oxygens (including phenoxy) is 1. The molecule has 1 atom stereocenters. The maximum absolute atomic E-state index is 11.0. The Morgan fingerprint density at radius 1 is 1.62 bits per heavy atom. The molecular weight excluding hydrogens is 278 g/mol. The minimum absolute atomic E-state index is 0.0756. The van der Waals surface area contributed by atoms with Gasteiger partial charge in [-0.3, -0.25) is 4.79 Å². The van der Waals surface area contributed by atoms with Gasteiger partial charge in [-0.05, 0) is 12.1 Å². The standard InChI is InChI=1S/C10H12BrNO4/c1-16-9-7(13)3-2-6(11)8(9)5(4-12)10(14)15/h2-3,5,13H,4,12H2,1H3,(H,14,15). The van der Waals surface area contributed by atoms with Crippen LogP contribution in [0.1, 0.15) is 11.5 Å². The van der Waals surface area contributed by atoms with E-state index in [0.717, 1.165) is 0 Å². The molecule has 0 aliphatic rings. The summed E-state index contributed by atoms with van der Waals surface area (Å²) in [6, 6.07) is 2.97. The number of phenols is 1. The van der Waals surface area contributed by atoms with Crippen LogP contribution in [-0.4, -0.2) is 29.8 Å². The van der Waals surface area contributed by atoms with Crippen molar-refractivity contribution in [2.75, 3.05) is 13.7 Å². The number of hydrogen-bond donors (Lipinski definition) is 3. The summed E-state index contributed by atoms with van der Waals surface area (Å²) < 4.78 is 5.53. The first-order valence-electron chi connectivity index (χ1n) is 4.51. The minimum atomic E-state index is -1.06. The Balaban J connectivity index is 3.39. The van der Waals surface area contributed by atoms with Crippen molar-refractivity contribution in [3.8, 4) is 11.5 Å². The van der Waals surface area contributed by atoms with Gasteiger partial charge in [0.15, 0.2) is 11.5 Å². The summed E-state index contributed by atoms with van der Waals surface area (Å²) in [6.45, 7) is -0.0756. The third-order valence-corrected chi connectivity index (χ3v) is 2.90. The molecule has 0 aromatic heterocycles. The van der Waals surface area contributed by atoms with Gasteiger partial charge in [0.05, 0.1) is 13.0 Å². The molecular formula is C10H12BrNO4. The molecule has 0 spiro atoms. The van der Waals surface area contributed by atoms with Crippen LogP contribution >= 0.6 is 15.9 Å². The normalized spacial score (nSPS) is 12.2. The van der Waals surface area contributed by atoms with Gasteiger partial charge in [0, 0.05) is 16.6 Å². The van der Waals surface area contributed by atoms with E-state index in [1.54, 1.807) is 6.07 Å². The van der Waals surface area contributed by atoms with Gasteiger partial charge in [0.1, 0.15) is 0 Å². The van der Waals surface area contributed by atoms with Gasteiger partial charge in [-0.2, -0.15) is 0 Å². The lowest BCUT2D eigenvalue weighted by Crippen LogP contribution is -2.22. The number of hydrogen-bond acceptors (Lipinski definition) is 4. The van der Waals surface area contributed by atoms with Crippen molar-refractivity contribution in [1.82, 2.24) is 0 Å². The molecule has 0 aliphatic heterocycles. The molecule has 1 rings (SSSR count). The Morgan fingerprint density at radius 3 is 2.69 bits per heavy atom. The summed E-state index contributed by atoms with van der Waals surface area (Å²) in [7, 11) is 1.36. The summed E-state index contributed by atoms with van der Waals surface area (Å²) in [5.41, 5.74) is 5.75. The average molecular weight is 290 g/mol. The second-order valence-corrected chi connectivity index (χ2v) is 3.99. The van der Waals surface area contributed by atoms with E-state index in [4.69, 9.17) is 15.6 Å². The summed E-state index contributed by atoms with van der Waals surface area (Å²) in [6.07, 6.45) is 0. The lowest BCUT2D eigenvalue weighted by molar-refractivity contribution is -0.138. The van der Waals surface area contributed by atoms with Gasteiger partial charge >= 0.3 is 5.97 Å². The zero-order valence-electron chi connectivity index (χ0n) is 8.61. The van der Waals surface area contributed by atoms with E-state index in [-0.39, 0.29) is 18.0 Å². The van der Waals surface area contributed by atoms with Crippen molar-refractivity contribution in [1.29, 1.82) is 0 Å². The molecule has 0 saturated carbocycles. The van der Waals surface area contributed by atoms with Crippen LogP contribution in [0.25, 0.3) is 0 Å². The summed E-state index contributed by atoms with van der Waals surface area (Å²) >= 11 is 3.22. The third kappa shape index (κ3) is 2.28. The smallest absolute Gasteiger partial charge is 0.312 e. The molecule has 1 aromatic carbocycles. The molecule has 88 valence electrons. The van der Waals surface area contributed by atoms with E-state index < -0.39 is 11.9 Å². The molecule has 0 bridgehead atoms. The number of phenolic OH excluding ortho intramolecular Hbond substituents is 1. The second kappa shape index (κ2) is 5.18. The lowest BCUT2D eigenvalue weighted by Gasteiger charge is -2.17. The van der Waals surface area contributed by atoms with E-state index in [1.165, 1.54) is 13.2 Å². The fraction of sp³-hybridized carbons (Fsp3) is 0.300. The Morgan fingerprint density at radius 2 is 2.25 bits per heavy atom. The second-order valence-electron chi connectivity index (χ2n) is 3.14. The van der Waals surface area contributed by atoms with Gasteiger partial charge in [-0.25, -0.2) is 0 Å². The molecule has 6 heteroatoms. The van der Waals surface area contributed by atoms with Gasteiger partial charge in [0.2, 0.25) is 0 Å². The van der Waals surface area contributed by atoms with Crippen LogP contribution in [0.15, 0.2) is 16.6 Å². The number of methoxy groups -OCH3 is 1. The van der Waals surface area contributed by atoms with E-state index >= 15 is 0 Å². The number of carbonyl (C=O) groups is 1. The summed E-state index contributed by atoms with van der Waals surface area (Å²) in [5, 5.41) is 18.6. The number of carboxylic acids is 1. The van der Waals surface area contributed by atoms with Crippen LogP contribution in [0, 0.1) is 0 Å². The number of aliphatic carboxylic acids is 1. The zero-order chi connectivity index (χ0) is 12.3. The van der Waals surface area contributed by atoms with E-state index in [1.807, 2.05) is 0 Å². The summed E-state index contributed by atoms with van der Waals surface area (Å²) in [5.74, 6) is -1.96. The van der Waals surface area contributed by atoms with Gasteiger partial charge < -0.3 is 20.7 Å². The summed E-state index contributed by atoms with van der Waals surface area (Å²) in [4.78, 5) is 11.0. The highest BCUT2D eigenvalue weighted by molar-refractivity contribution is 9.10. The number of nitrogens with two attached hydrogens (primary N) is 1. The highest BCUT2D eigenvalue weighted by Gasteiger charge is 2.26. The largest absolute Gasteiger partial charge is 0.504 e. The average Bonchev–Trinajstić information content (AvgIpc) is 2.24. The Labute approximate surface area is 101 Å². The molecule has 0 aliphatic carbocycles. The first-order valence-corrected chi connectivity index (χ1v) is 5.30. The van der Waals surface area contributed by atoms with Crippen molar-refractivity contribution in [2.45, 2.75) is 5.92 Å². The first-order chi connectivity index (χ1) is 7.52. The van der Waals surface area contributed by atoms with E-state index in [2.05, 4.69) is 15.9 Å². The third-order valence-electron chi connectivity index (χ3n) is 2.21. The quantitative estimate of drug-likeness (QED) is 0.777. The molecule has 0 radical (unpaired) electrons. The number of aromatic hydroxyl groups is 1. The molecule has 1 aromatic rings. The highest BCUT2D eigenvalue weighted by atomic mass is 79.9. The molecule has 1 unspecified atom stereocenters. The maximum atomic E-state index is 11.0. The van der Waals surface area contributed by atoms with Crippen molar-refractivity contribution in [2.24, 2.45) is 5.73 Å². The van der Waals surface area contributed by atoms with Gasteiger partial charge in [-0.1, -0.05) is 15.9 Å². The molecule has 5 nitrogen and oxygen atoms in total. The molecule has 0 saturated heterocycles. The minimum Gasteiger partial charge on any atom is -0.504 e. The zero-order valence-corrected chi connectivity index (χ0v) is 10.2. The lowest BCUT2D eigenvalue weighted by atomic mass is 9.98. The number of benzene rings is 1. The first kappa shape index (κ1) is 12.8. The van der Waals surface area contributed by atoms with Crippen molar-refractivity contribution in [3.05, 3.63) is 22.2 Å². The Bertz CT molecular complexity index is 408. The van der Waals surface area contributed by atoms with Crippen molar-refractivity contribution in [3.63, 3.8) is 0 Å². The predicted octanol–water partition coefficient (Wildman–Crippen LogP) is 1.29. The Hall–Kier alpha value is -1.27. The molecule has 0 fully saturated rings. The molecule has 0 amide bonds. The molecule has 0 heterocycles. The van der Waals surface area contributed by atoms with Crippen molar-refractivity contribution >= 4 is 21.9 Å². The number of halogens is 1. The van der Waals surface area contributed by atoms with Crippen LogP contribution in [0.5, 0.6) is 11.5 Å². The fourth-order valence-electron chi connectivity index (χ4n) is 1.45.